The molecule has 1 aromatic carbocycles. The topological polar surface area (TPSA) is 83.7 Å². The summed E-state index contributed by atoms with van der Waals surface area (Å²) in [7, 11) is 0. The van der Waals surface area contributed by atoms with Gasteiger partial charge in [-0.2, -0.15) is 4.57 Å². The average molecular weight is 262 g/mol. The zero-order valence-corrected chi connectivity index (χ0v) is 10.3. The van der Waals surface area contributed by atoms with E-state index in [1.54, 1.807) is 19.1 Å². The lowest BCUT2D eigenvalue weighted by Crippen LogP contribution is -2.12. The molecule has 0 aliphatic carbocycles. The van der Waals surface area contributed by atoms with Crippen molar-refractivity contribution in [1.29, 1.82) is 0 Å². The van der Waals surface area contributed by atoms with Gasteiger partial charge in [-0.25, -0.2) is 4.79 Å². The van der Waals surface area contributed by atoms with E-state index in [2.05, 4.69) is 5.32 Å². The second-order valence-corrected chi connectivity index (χ2v) is 3.77. The fourth-order valence-electron chi connectivity index (χ4n) is 1.62. The molecule has 0 aliphatic heterocycles. The fraction of sp³-hybridized carbons (Fsp3) is 0.154. The van der Waals surface area contributed by atoms with Crippen LogP contribution in [0.4, 0.5) is 16.2 Å². The number of hydrogen-bond donors (Lipinski definition) is 3. The predicted octanol–water partition coefficient (Wildman–Crippen LogP) is 2.65. The normalized spacial score (nSPS) is 10.2. The molecule has 0 saturated heterocycles. The van der Waals surface area contributed by atoms with Crippen LogP contribution < -0.4 is 5.32 Å². The minimum absolute atomic E-state index is 0.150. The average Bonchev–Trinajstić information content (AvgIpc) is 2.66. The molecule has 0 aliphatic rings. The highest BCUT2D eigenvalue weighted by Gasteiger charge is 2.20. The summed E-state index contributed by atoms with van der Waals surface area (Å²) in [5.41, 5.74) is 0.940. The van der Waals surface area contributed by atoms with Gasteiger partial charge in [0, 0.05) is 11.8 Å². The van der Waals surface area contributed by atoms with E-state index in [1.807, 2.05) is 18.2 Å². The van der Waals surface area contributed by atoms with Crippen LogP contribution in [-0.4, -0.2) is 27.5 Å². The van der Waals surface area contributed by atoms with Crippen molar-refractivity contribution in [2.24, 2.45) is 0 Å². The van der Waals surface area contributed by atoms with E-state index in [1.165, 1.54) is 6.07 Å². The quantitative estimate of drug-likeness (QED) is 0.792. The lowest BCUT2D eigenvalue weighted by atomic mass is 10.3. The molecule has 2 rings (SSSR count). The third-order valence-corrected chi connectivity index (χ3v) is 2.46. The van der Waals surface area contributed by atoms with Gasteiger partial charge in [0.2, 0.25) is 11.8 Å². The first-order chi connectivity index (χ1) is 9.13. The van der Waals surface area contributed by atoms with Gasteiger partial charge in [-0.3, -0.25) is 0 Å². The maximum atomic E-state index is 11.5. The van der Waals surface area contributed by atoms with E-state index in [4.69, 9.17) is 4.74 Å². The van der Waals surface area contributed by atoms with Gasteiger partial charge in [-0.15, -0.1) is 0 Å². The highest BCUT2D eigenvalue weighted by molar-refractivity contribution is 5.80. The van der Waals surface area contributed by atoms with Gasteiger partial charge in [-0.05, 0) is 19.1 Å². The molecule has 0 atom stereocenters. The van der Waals surface area contributed by atoms with Gasteiger partial charge in [0.1, 0.15) is 5.69 Å². The summed E-state index contributed by atoms with van der Waals surface area (Å²) in [6, 6.07) is 10.3. The zero-order chi connectivity index (χ0) is 13.8. The monoisotopic (exact) mass is 262 g/mol. The molecule has 0 radical (unpaired) electrons. The van der Waals surface area contributed by atoms with Crippen LogP contribution in [0.25, 0.3) is 0 Å². The van der Waals surface area contributed by atoms with Crippen LogP contribution in [0.3, 0.4) is 0 Å². The molecular weight excluding hydrogens is 248 g/mol. The van der Waals surface area contributed by atoms with Crippen molar-refractivity contribution in [3.8, 4) is 11.8 Å². The summed E-state index contributed by atoms with van der Waals surface area (Å²) in [6.45, 7) is 1.79. The predicted molar refractivity (Wildman–Crippen MR) is 69.9 cm³/mol. The number of hydrogen-bond acceptors (Lipinski definition) is 5. The number of anilines is 2. The molecule has 19 heavy (non-hydrogen) atoms. The second kappa shape index (κ2) is 5.34. The molecule has 2 aromatic rings. The summed E-state index contributed by atoms with van der Waals surface area (Å²) in [5, 5.41) is 22.4. The molecular formula is C13H14N2O4. The number of aromatic hydroxyl groups is 2. The maximum absolute atomic E-state index is 11.5. The first-order valence-corrected chi connectivity index (χ1v) is 5.76. The van der Waals surface area contributed by atoms with Crippen molar-refractivity contribution >= 4 is 17.5 Å². The molecule has 1 aromatic heterocycles. The lowest BCUT2D eigenvalue weighted by molar-refractivity contribution is 0.148. The Morgan fingerprint density at radius 1 is 1.32 bits per heavy atom. The van der Waals surface area contributed by atoms with E-state index in [-0.39, 0.29) is 12.3 Å². The third-order valence-electron chi connectivity index (χ3n) is 2.46. The number of aromatic nitrogens is 1. The Hall–Kier alpha value is -2.63. The molecule has 1 heterocycles. The van der Waals surface area contributed by atoms with E-state index in [9.17, 15) is 15.0 Å². The second-order valence-electron chi connectivity index (χ2n) is 3.77. The Morgan fingerprint density at radius 3 is 2.63 bits per heavy atom. The van der Waals surface area contributed by atoms with Gasteiger partial charge in [-0.1, -0.05) is 18.2 Å². The first kappa shape index (κ1) is 12.8. The van der Waals surface area contributed by atoms with E-state index >= 15 is 0 Å². The van der Waals surface area contributed by atoms with Crippen molar-refractivity contribution in [2.45, 2.75) is 6.92 Å². The van der Waals surface area contributed by atoms with Gasteiger partial charge in [0.25, 0.3) is 0 Å². The Kier molecular flexibility index (Phi) is 3.61. The van der Waals surface area contributed by atoms with Crippen molar-refractivity contribution in [3.05, 3.63) is 36.4 Å². The van der Waals surface area contributed by atoms with Crippen molar-refractivity contribution in [3.63, 3.8) is 0 Å². The highest BCUT2D eigenvalue weighted by atomic mass is 16.6. The molecule has 6 heteroatoms. The Morgan fingerprint density at radius 2 is 2.00 bits per heavy atom. The number of benzene rings is 1. The van der Waals surface area contributed by atoms with E-state index in [0.717, 1.165) is 5.69 Å². The van der Waals surface area contributed by atoms with Crippen LogP contribution in [-0.2, 0) is 4.74 Å². The number of carbonyl (C=O) groups is 1. The van der Waals surface area contributed by atoms with Gasteiger partial charge in [0.15, 0.2) is 0 Å². The van der Waals surface area contributed by atoms with Crippen LogP contribution in [0.15, 0.2) is 36.4 Å². The number of carbonyl (C=O) groups excluding carboxylic acids is 1. The Balaban J connectivity index is 2.29. The fourth-order valence-corrected chi connectivity index (χ4v) is 1.62. The molecule has 0 saturated carbocycles. The molecule has 0 spiro atoms. The number of nitrogens with zero attached hydrogens (tertiary/aromatic N) is 1. The van der Waals surface area contributed by atoms with E-state index in [0.29, 0.717) is 4.57 Å². The molecule has 100 valence electrons. The Labute approximate surface area is 109 Å². The lowest BCUT2D eigenvalue weighted by Gasteiger charge is -2.06. The molecule has 0 fully saturated rings. The summed E-state index contributed by atoms with van der Waals surface area (Å²) in [6.07, 6.45) is -0.835. The van der Waals surface area contributed by atoms with Crippen LogP contribution in [0.5, 0.6) is 11.8 Å². The van der Waals surface area contributed by atoms with Gasteiger partial charge >= 0.3 is 6.09 Å². The molecule has 3 N–H and O–H groups in total. The van der Waals surface area contributed by atoms with Gasteiger partial charge < -0.3 is 20.3 Å². The van der Waals surface area contributed by atoms with Crippen molar-refractivity contribution in [1.82, 2.24) is 4.57 Å². The smallest absolute Gasteiger partial charge is 0.423 e. The number of ether oxygens (including phenoxy) is 1. The summed E-state index contributed by atoms with van der Waals surface area (Å²) >= 11 is 0. The summed E-state index contributed by atoms with van der Waals surface area (Å²) in [5.74, 6) is -0.797. The van der Waals surface area contributed by atoms with Crippen LogP contribution >= 0.6 is 0 Å². The number of nitrogens with one attached hydrogen (secondary N) is 1. The molecule has 0 amide bonds. The first-order valence-electron chi connectivity index (χ1n) is 5.76. The van der Waals surface area contributed by atoms with Gasteiger partial charge in [0.05, 0.1) is 6.61 Å². The summed E-state index contributed by atoms with van der Waals surface area (Å²) in [4.78, 5) is 11.5. The molecule has 0 unspecified atom stereocenters. The third kappa shape index (κ3) is 2.62. The van der Waals surface area contributed by atoms with E-state index < -0.39 is 17.9 Å². The maximum Gasteiger partial charge on any atom is 0.423 e. The van der Waals surface area contributed by atoms with Crippen LogP contribution in [0, 0.1) is 0 Å². The minimum Gasteiger partial charge on any atom is -0.494 e. The van der Waals surface area contributed by atoms with Crippen LogP contribution in [0.1, 0.15) is 6.92 Å². The zero-order valence-electron chi connectivity index (χ0n) is 10.3. The summed E-state index contributed by atoms with van der Waals surface area (Å²) < 4.78 is 5.42. The Bertz CT molecular complexity index is 578. The highest BCUT2D eigenvalue weighted by Crippen LogP contribution is 2.34. The largest absolute Gasteiger partial charge is 0.494 e. The number of para-hydroxylation sites is 1. The molecule has 6 nitrogen and oxygen atoms in total. The molecule has 0 bridgehead atoms. The van der Waals surface area contributed by atoms with Crippen molar-refractivity contribution < 1.29 is 19.7 Å². The SMILES string of the molecule is CCOC(=O)n1c(O)cc(Nc2ccccc2)c1O. The van der Waals surface area contributed by atoms with Crippen LogP contribution in [0.2, 0.25) is 0 Å². The number of rotatable bonds is 3. The van der Waals surface area contributed by atoms with Crippen molar-refractivity contribution in [2.75, 3.05) is 11.9 Å². The minimum atomic E-state index is -0.835. The standard InChI is InChI=1S/C13H14N2O4/c1-2-19-13(18)15-11(16)8-10(12(15)17)14-9-6-4-3-5-7-9/h3-8,14,16-17H,2H2,1H3.